The number of piperidine rings is 1. The van der Waals surface area contributed by atoms with Gasteiger partial charge in [0.15, 0.2) is 17.3 Å². The summed E-state index contributed by atoms with van der Waals surface area (Å²) in [4.78, 5) is 16.0. The third-order valence-electron chi connectivity index (χ3n) is 5.32. The van der Waals surface area contributed by atoms with Crippen molar-refractivity contribution in [2.75, 3.05) is 37.5 Å². The summed E-state index contributed by atoms with van der Waals surface area (Å²) in [6.45, 7) is 1.53. The van der Waals surface area contributed by atoms with Gasteiger partial charge in [0.1, 0.15) is 5.69 Å². The van der Waals surface area contributed by atoms with E-state index in [1.165, 1.54) is 0 Å². The molecule has 0 spiro atoms. The van der Waals surface area contributed by atoms with Crippen molar-refractivity contribution in [3.05, 3.63) is 46.3 Å². The fourth-order valence-corrected chi connectivity index (χ4v) is 4.96. The maximum absolute atomic E-state index is 12.7. The first kappa shape index (κ1) is 21.6. The highest BCUT2D eigenvalue weighted by Crippen LogP contribution is 2.32. The Morgan fingerprint density at radius 3 is 2.45 bits per heavy atom. The van der Waals surface area contributed by atoms with Gasteiger partial charge >= 0.3 is 0 Å². The minimum absolute atomic E-state index is 0.0246. The molecule has 2 aromatic heterocycles. The van der Waals surface area contributed by atoms with Crippen LogP contribution in [0.15, 0.2) is 46.3 Å². The van der Waals surface area contributed by atoms with Crippen LogP contribution in [-0.2, 0) is 4.79 Å². The maximum atomic E-state index is 12.7. The molecule has 1 amide bonds. The van der Waals surface area contributed by atoms with Gasteiger partial charge in [0.05, 0.1) is 22.9 Å². The van der Waals surface area contributed by atoms with Gasteiger partial charge in [-0.25, -0.2) is 0 Å². The zero-order valence-electron chi connectivity index (χ0n) is 17.3. The van der Waals surface area contributed by atoms with E-state index in [4.69, 9.17) is 9.47 Å². The average molecular weight is 503 g/mol. The molecule has 4 rings (SSSR count). The highest BCUT2D eigenvalue weighted by Gasteiger charge is 2.26. The number of amides is 1. The molecule has 0 aliphatic carbocycles. The third kappa shape index (κ3) is 4.99. The van der Waals surface area contributed by atoms with Crippen molar-refractivity contribution in [2.24, 2.45) is 5.92 Å². The summed E-state index contributed by atoms with van der Waals surface area (Å²) in [5, 5.41) is 11.8. The number of benzene rings is 1. The number of halogens is 1. The Balaban J connectivity index is 1.33. The molecule has 0 saturated carbocycles. The van der Waals surface area contributed by atoms with Crippen molar-refractivity contribution in [3.8, 4) is 22.1 Å². The molecule has 1 fully saturated rings. The predicted molar refractivity (Wildman–Crippen MR) is 126 cm³/mol. The van der Waals surface area contributed by atoms with Gasteiger partial charge in [0.2, 0.25) is 5.91 Å². The number of nitrogens with zero attached hydrogens (tertiary/aromatic N) is 3. The lowest BCUT2D eigenvalue weighted by Crippen LogP contribution is -2.38. The van der Waals surface area contributed by atoms with E-state index in [1.54, 1.807) is 37.7 Å². The second-order valence-electron chi connectivity index (χ2n) is 7.20. The molecule has 1 saturated heterocycles. The number of thiophene rings is 1. The van der Waals surface area contributed by atoms with E-state index in [9.17, 15) is 4.79 Å². The van der Waals surface area contributed by atoms with E-state index in [1.807, 2.05) is 30.3 Å². The number of ether oxygens (including phenoxy) is 2. The predicted octanol–water partition coefficient (Wildman–Crippen LogP) is 4.84. The second kappa shape index (κ2) is 9.65. The van der Waals surface area contributed by atoms with Crippen molar-refractivity contribution in [1.82, 2.24) is 10.2 Å². The zero-order valence-corrected chi connectivity index (χ0v) is 19.7. The molecule has 31 heavy (non-hydrogen) atoms. The Bertz CT molecular complexity index is 1050. The molecule has 162 valence electrons. The molecule has 9 heteroatoms. The van der Waals surface area contributed by atoms with Crippen LogP contribution in [0.3, 0.4) is 0 Å². The first-order valence-corrected chi connectivity index (χ1v) is 11.6. The Hall–Kier alpha value is -2.65. The molecule has 0 radical (unpaired) electrons. The van der Waals surface area contributed by atoms with Crippen molar-refractivity contribution in [3.63, 3.8) is 0 Å². The molecule has 3 aromatic rings. The van der Waals surface area contributed by atoms with E-state index in [0.717, 1.165) is 46.1 Å². The molecule has 0 atom stereocenters. The minimum Gasteiger partial charge on any atom is -0.493 e. The van der Waals surface area contributed by atoms with Crippen LogP contribution in [0.1, 0.15) is 12.8 Å². The van der Waals surface area contributed by atoms with Crippen LogP contribution < -0.4 is 19.7 Å². The molecule has 1 aliphatic rings. The lowest BCUT2D eigenvalue weighted by atomic mass is 9.95. The summed E-state index contributed by atoms with van der Waals surface area (Å²) in [5.74, 6) is 2.05. The van der Waals surface area contributed by atoms with E-state index >= 15 is 0 Å². The quantitative estimate of drug-likeness (QED) is 0.519. The van der Waals surface area contributed by atoms with E-state index in [-0.39, 0.29) is 11.8 Å². The monoisotopic (exact) mass is 502 g/mol. The fourth-order valence-electron chi connectivity index (χ4n) is 3.61. The van der Waals surface area contributed by atoms with Crippen molar-refractivity contribution < 1.29 is 14.3 Å². The normalized spacial score (nSPS) is 14.4. The smallest absolute Gasteiger partial charge is 0.227 e. The van der Waals surface area contributed by atoms with Gasteiger partial charge in [0.25, 0.3) is 0 Å². The molecule has 3 heterocycles. The number of carbonyl (C=O) groups excluding carboxylic acids is 1. The highest BCUT2D eigenvalue weighted by molar-refractivity contribution is 9.11. The van der Waals surface area contributed by atoms with Crippen LogP contribution in [-0.4, -0.2) is 43.4 Å². The van der Waals surface area contributed by atoms with Crippen LogP contribution in [0.5, 0.6) is 11.5 Å². The number of nitrogens with one attached hydrogen (secondary N) is 1. The topological polar surface area (TPSA) is 76.6 Å². The summed E-state index contributed by atoms with van der Waals surface area (Å²) in [5.41, 5.74) is 1.57. The van der Waals surface area contributed by atoms with Crippen molar-refractivity contribution in [2.45, 2.75) is 12.8 Å². The Morgan fingerprint density at radius 2 is 1.84 bits per heavy atom. The fraction of sp³-hybridized carbons (Fsp3) is 0.318. The number of anilines is 2. The average Bonchev–Trinajstić information content (AvgIpc) is 3.25. The molecule has 1 N–H and O–H groups in total. The lowest BCUT2D eigenvalue weighted by Gasteiger charge is -2.31. The molecular formula is C22H23BrN4O3S. The van der Waals surface area contributed by atoms with Gasteiger partial charge in [0, 0.05) is 30.8 Å². The number of hydrogen-bond donors (Lipinski definition) is 1. The molecular weight excluding hydrogens is 480 g/mol. The van der Waals surface area contributed by atoms with Gasteiger partial charge in [-0.1, -0.05) is 0 Å². The molecule has 7 nitrogen and oxygen atoms in total. The first-order chi connectivity index (χ1) is 15.1. The highest BCUT2D eigenvalue weighted by atomic mass is 79.9. The Kier molecular flexibility index (Phi) is 6.72. The van der Waals surface area contributed by atoms with Crippen LogP contribution in [0.2, 0.25) is 0 Å². The third-order valence-corrected chi connectivity index (χ3v) is 6.96. The van der Waals surface area contributed by atoms with E-state index in [0.29, 0.717) is 17.2 Å². The minimum atomic E-state index is -0.0416. The van der Waals surface area contributed by atoms with Gasteiger partial charge < -0.3 is 19.7 Å². The molecule has 0 unspecified atom stereocenters. The van der Waals surface area contributed by atoms with Crippen LogP contribution in [0.4, 0.5) is 11.5 Å². The first-order valence-electron chi connectivity index (χ1n) is 9.94. The summed E-state index contributed by atoms with van der Waals surface area (Å²) >= 11 is 5.11. The summed E-state index contributed by atoms with van der Waals surface area (Å²) in [6.07, 6.45) is 1.53. The zero-order chi connectivity index (χ0) is 21.8. The van der Waals surface area contributed by atoms with Gasteiger partial charge in [-0.05, 0) is 65.2 Å². The number of aromatic nitrogens is 2. The molecule has 1 aromatic carbocycles. The van der Waals surface area contributed by atoms with Crippen molar-refractivity contribution in [1.29, 1.82) is 0 Å². The SMILES string of the molecule is COc1ccc(NC(=O)C2CCN(c3ccc(-c4ccc(Br)s4)nn3)CC2)cc1OC. The maximum Gasteiger partial charge on any atom is 0.227 e. The number of rotatable bonds is 6. The Labute approximate surface area is 193 Å². The largest absolute Gasteiger partial charge is 0.493 e. The van der Waals surface area contributed by atoms with Gasteiger partial charge in [-0.3, -0.25) is 4.79 Å². The lowest BCUT2D eigenvalue weighted by molar-refractivity contribution is -0.120. The summed E-state index contributed by atoms with van der Waals surface area (Å²) in [7, 11) is 3.16. The summed E-state index contributed by atoms with van der Waals surface area (Å²) in [6, 6.07) is 13.4. The van der Waals surface area contributed by atoms with Gasteiger partial charge in [-0.15, -0.1) is 21.5 Å². The Morgan fingerprint density at radius 1 is 1.06 bits per heavy atom. The van der Waals surface area contributed by atoms with Crippen LogP contribution in [0, 0.1) is 5.92 Å². The molecule has 0 bridgehead atoms. The van der Waals surface area contributed by atoms with Gasteiger partial charge in [-0.2, -0.15) is 0 Å². The van der Waals surface area contributed by atoms with Crippen LogP contribution in [0.25, 0.3) is 10.6 Å². The number of hydrogen-bond acceptors (Lipinski definition) is 7. The number of methoxy groups -OCH3 is 2. The van der Waals surface area contributed by atoms with Crippen molar-refractivity contribution >= 4 is 44.7 Å². The van der Waals surface area contributed by atoms with E-state index in [2.05, 4.69) is 36.3 Å². The second-order valence-corrected chi connectivity index (χ2v) is 9.66. The van der Waals surface area contributed by atoms with E-state index < -0.39 is 0 Å². The van der Waals surface area contributed by atoms with Crippen LogP contribution >= 0.6 is 27.3 Å². The standard InChI is InChI=1S/C22H23BrN4O3S/c1-29-17-5-3-15(13-18(17)30-2)24-22(28)14-9-11-27(12-10-14)21-8-4-16(25-26-21)19-6-7-20(23)31-19/h3-8,13-14H,9-12H2,1-2H3,(H,24,28). The number of carbonyl (C=O) groups is 1. The summed E-state index contributed by atoms with van der Waals surface area (Å²) < 4.78 is 11.6. The molecule has 1 aliphatic heterocycles.